The summed E-state index contributed by atoms with van der Waals surface area (Å²) in [5.41, 5.74) is 8.10. The lowest BCUT2D eigenvalue weighted by atomic mass is 10.1. The van der Waals surface area contributed by atoms with Gasteiger partial charge in [0.25, 0.3) is 5.91 Å². The molecule has 1 heterocycles. The molecule has 5 heteroatoms. The number of nitrogen functional groups attached to an aromatic ring is 1. The Kier molecular flexibility index (Phi) is 4.20. The maximum absolute atomic E-state index is 12.5. The second-order valence-corrected chi connectivity index (χ2v) is 5.78. The number of amides is 1. The number of nitrogens with two attached hydrogens (primary N) is 1. The Bertz CT molecular complexity index is 681. The molecule has 4 nitrogen and oxygen atoms in total. The van der Waals surface area contributed by atoms with Crippen molar-refractivity contribution in [3.63, 3.8) is 0 Å². The van der Waals surface area contributed by atoms with Gasteiger partial charge in [-0.2, -0.15) is 0 Å². The molecule has 1 aliphatic rings. The van der Waals surface area contributed by atoms with Crippen molar-refractivity contribution in [1.82, 2.24) is 4.90 Å². The number of rotatable bonds is 2. The van der Waals surface area contributed by atoms with Crippen LogP contribution in [0.5, 0.6) is 0 Å². The first-order valence-electron chi connectivity index (χ1n) is 7.29. The van der Waals surface area contributed by atoms with E-state index < -0.39 is 0 Å². The van der Waals surface area contributed by atoms with Crippen molar-refractivity contribution < 1.29 is 4.79 Å². The molecule has 0 aliphatic carbocycles. The standard InChI is InChI=1S/C17H18ClN3O/c18-13-4-3-5-14(12-13)20-8-10-21(11-9-20)17(22)15-6-1-2-7-16(15)19/h1-7,12H,8-11,19H2. The zero-order valence-electron chi connectivity index (χ0n) is 12.2. The fraction of sp³-hybridized carbons (Fsp3) is 0.235. The molecule has 2 aromatic carbocycles. The molecule has 0 aromatic heterocycles. The highest BCUT2D eigenvalue weighted by Gasteiger charge is 2.23. The van der Waals surface area contributed by atoms with E-state index in [2.05, 4.69) is 4.90 Å². The molecule has 2 aromatic rings. The summed E-state index contributed by atoms with van der Waals surface area (Å²) in [5, 5.41) is 0.730. The van der Waals surface area contributed by atoms with E-state index in [4.69, 9.17) is 17.3 Å². The number of carbonyl (C=O) groups is 1. The topological polar surface area (TPSA) is 49.6 Å². The van der Waals surface area contributed by atoms with E-state index in [1.165, 1.54) is 0 Å². The van der Waals surface area contributed by atoms with Gasteiger partial charge in [0.1, 0.15) is 0 Å². The molecule has 0 unspecified atom stereocenters. The van der Waals surface area contributed by atoms with Crippen LogP contribution in [0.1, 0.15) is 10.4 Å². The zero-order chi connectivity index (χ0) is 15.5. The molecule has 22 heavy (non-hydrogen) atoms. The lowest BCUT2D eigenvalue weighted by molar-refractivity contribution is 0.0748. The highest BCUT2D eigenvalue weighted by atomic mass is 35.5. The van der Waals surface area contributed by atoms with Gasteiger partial charge in [-0.1, -0.05) is 29.8 Å². The molecule has 1 saturated heterocycles. The predicted molar refractivity (Wildman–Crippen MR) is 90.4 cm³/mol. The second-order valence-electron chi connectivity index (χ2n) is 5.35. The molecule has 114 valence electrons. The molecule has 0 atom stereocenters. The Balaban J connectivity index is 1.67. The third kappa shape index (κ3) is 3.02. The number of piperazine rings is 1. The van der Waals surface area contributed by atoms with Gasteiger partial charge in [0.15, 0.2) is 0 Å². The summed E-state index contributed by atoms with van der Waals surface area (Å²) in [6, 6.07) is 15.0. The van der Waals surface area contributed by atoms with Crippen molar-refractivity contribution in [2.45, 2.75) is 0 Å². The van der Waals surface area contributed by atoms with Crippen LogP contribution in [-0.4, -0.2) is 37.0 Å². The molecule has 0 spiro atoms. The van der Waals surface area contributed by atoms with Crippen molar-refractivity contribution in [3.8, 4) is 0 Å². The fourth-order valence-corrected chi connectivity index (χ4v) is 2.89. The highest BCUT2D eigenvalue weighted by Crippen LogP contribution is 2.22. The van der Waals surface area contributed by atoms with E-state index in [0.29, 0.717) is 24.3 Å². The molecule has 2 N–H and O–H groups in total. The van der Waals surface area contributed by atoms with Crippen LogP contribution in [0.4, 0.5) is 11.4 Å². The second kappa shape index (κ2) is 6.28. The van der Waals surface area contributed by atoms with E-state index in [0.717, 1.165) is 23.8 Å². The Hall–Kier alpha value is -2.20. The molecule has 0 bridgehead atoms. The molecule has 3 rings (SSSR count). The smallest absolute Gasteiger partial charge is 0.256 e. The van der Waals surface area contributed by atoms with Crippen LogP contribution in [0.15, 0.2) is 48.5 Å². The van der Waals surface area contributed by atoms with Crippen LogP contribution in [0.2, 0.25) is 5.02 Å². The zero-order valence-corrected chi connectivity index (χ0v) is 13.0. The van der Waals surface area contributed by atoms with E-state index in [1.54, 1.807) is 12.1 Å². The Labute approximate surface area is 135 Å². The van der Waals surface area contributed by atoms with Crippen molar-refractivity contribution >= 4 is 28.9 Å². The number of anilines is 2. The molecule has 1 aliphatic heterocycles. The van der Waals surface area contributed by atoms with E-state index in [1.807, 2.05) is 41.3 Å². The molecule has 0 radical (unpaired) electrons. The van der Waals surface area contributed by atoms with Gasteiger partial charge in [-0.15, -0.1) is 0 Å². The average molecular weight is 316 g/mol. The van der Waals surface area contributed by atoms with E-state index >= 15 is 0 Å². The normalized spacial score (nSPS) is 15.0. The largest absolute Gasteiger partial charge is 0.398 e. The van der Waals surface area contributed by atoms with Crippen LogP contribution in [0.25, 0.3) is 0 Å². The van der Waals surface area contributed by atoms with Gasteiger partial charge < -0.3 is 15.5 Å². The Morgan fingerprint density at radius 1 is 1.00 bits per heavy atom. The summed E-state index contributed by atoms with van der Waals surface area (Å²) in [6.07, 6.45) is 0. The Morgan fingerprint density at radius 3 is 2.41 bits per heavy atom. The third-order valence-corrected chi connectivity index (χ3v) is 4.17. The van der Waals surface area contributed by atoms with Crippen LogP contribution in [-0.2, 0) is 0 Å². The van der Waals surface area contributed by atoms with Crippen molar-refractivity contribution in [2.24, 2.45) is 0 Å². The number of hydrogen-bond acceptors (Lipinski definition) is 3. The maximum Gasteiger partial charge on any atom is 0.256 e. The molecular formula is C17H18ClN3O. The van der Waals surface area contributed by atoms with Gasteiger partial charge in [0.05, 0.1) is 5.56 Å². The van der Waals surface area contributed by atoms with Crippen LogP contribution < -0.4 is 10.6 Å². The molecule has 1 fully saturated rings. The van der Waals surface area contributed by atoms with Crippen molar-refractivity contribution in [3.05, 3.63) is 59.1 Å². The first-order valence-corrected chi connectivity index (χ1v) is 7.67. The summed E-state index contributed by atoms with van der Waals surface area (Å²) in [5.74, 6) is 0.00356. The number of benzene rings is 2. The van der Waals surface area contributed by atoms with Crippen LogP contribution >= 0.6 is 11.6 Å². The minimum atomic E-state index is 0.00356. The van der Waals surface area contributed by atoms with Gasteiger partial charge in [0, 0.05) is 42.6 Å². The highest BCUT2D eigenvalue weighted by molar-refractivity contribution is 6.30. The summed E-state index contributed by atoms with van der Waals surface area (Å²) >= 11 is 6.04. The summed E-state index contributed by atoms with van der Waals surface area (Å²) in [6.45, 7) is 2.94. The number of hydrogen-bond donors (Lipinski definition) is 1. The number of carbonyl (C=O) groups excluding carboxylic acids is 1. The third-order valence-electron chi connectivity index (χ3n) is 3.93. The predicted octanol–water partition coefficient (Wildman–Crippen LogP) is 2.88. The van der Waals surface area contributed by atoms with Crippen LogP contribution in [0.3, 0.4) is 0 Å². The molecular weight excluding hydrogens is 298 g/mol. The minimum absolute atomic E-state index is 0.00356. The van der Waals surface area contributed by atoms with Gasteiger partial charge in [0.2, 0.25) is 0 Å². The number of para-hydroxylation sites is 1. The quantitative estimate of drug-likeness (QED) is 0.867. The van der Waals surface area contributed by atoms with E-state index in [-0.39, 0.29) is 5.91 Å². The molecule has 1 amide bonds. The van der Waals surface area contributed by atoms with Crippen molar-refractivity contribution in [1.29, 1.82) is 0 Å². The monoisotopic (exact) mass is 315 g/mol. The number of halogens is 1. The van der Waals surface area contributed by atoms with Crippen molar-refractivity contribution in [2.75, 3.05) is 36.8 Å². The average Bonchev–Trinajstić information content (AvgIpc) is 2.55. The summed E-state index contributed by atoms with van der Waals surface area (Å²) in [7, 11) is 0. The first kappa shape index (κ1) is 14.7. The van der Waals surface area contributed by atoms with E-state index in [9.17, 15) is 4.79 Å². The summed E-state index contributed by atoms with van der Waals surface area (Å²) in [4.78, 5) is 16.6. The van der Waals surface area contributed by atoms with Crippen LogP contribution in [0, 0.1) is 0 Å². The van der Waals surface area contributed by atoms with Gasteiger partial charge in [-0.3, -0.25) is 4.79 Å². The summed E-state index contributed by atoms with van der Waals surface area (Å²) < 4.78 is 0. The fourth-order valence-electron chi connectivity index (χ4n) is 2.70. The van der Waals surface area contributed by atoms with Gasteiger partial charge in [-0.05, 0) is 30.3 Å². The lowest BCUT2D eigenvalue weighted by Gasteiger charge is -2.36. The van der Waals surface area contributed by atoms with Gasteiger partial charge in [-0.25, -0.2) is 0 Å². The minimum Gasteiger partial charge on any atom is -0.398 e. The molecule has 0 saturated carbocycles. The van der Waals surface area contributed by atoms with Gasteiger partial charge >= 0.3 is 0 Å². The Morgan fingerprint density at radius 2 is 1.73 bits per heavy atom. The lowest BCUT2D eigenvalue weighted by Crippen LogP contribution is -2.48. The number of nitrogens with zero attached hydrogens (tertiary/aromatic N) is 2. The SMILES string of the molecule is Nc1ccccc1C(=O)N1CCN(c2cccc(Cl)c2)CC1. The maximum atomic E-state index is 12.5. The first-order chi connectivity index (χ1) is 10.6.